The summed E-state index contributed by atoms with van der Waals surface area (Å²) in [5.41, 5.74) is 0.291. The molecule has 5 heterocycles. The minimum Gasteiger partial charge on any atom is -0.461 e. The Hall–Kier alpha value is -3.40. The van der Waals surface area contributed by atoms with Crippen LogP contribution < -0.4 is 9.80 Å². The number of carbonyl (C=O) groups excluding carboxylic acids is 1. The van der Waals surface area contributed by atoms with Gasteiger partial charge in [-0.15, -0.1) is 0 Å². The van der Waals surface area contributed by atoms with Gasteiger partial charge in [-0.2, -0.15) is 0 Å². The molecule has 2 fully saturated rings. The summed E-state index contributed by atoms with van der Waals surface area (Å²) in [6.07, 6.45) is 3.19. The molecule has 2 aliphatic heterocycles. The Bertz CT molecular complexity index is 1020. The van der Waals surface area contributed by atoms with Gasteiger partial charge < -0.3 is 28.5 Å². The molecule has 0 unspecified atom stereocenters. The molecule has 5 rings (SSSR count). The van der Waals surface area contributed by atoms with Crippen molar-refractivity contribution in [3.63, 3.8) is 0 Å². The highest BCUT2D eigenvalue weighted by atomic mass is 16.5. The number of anilines is 2. The third-order valence-corrected chi connectivity index (χ3v) is 5.85. The van der Waals surface area contributed by atoms with Crippen LogP contribution in [0.2, 0.25) is 0 Å². The summed E-state index contributed by atoms with van der Waals surface area (Å²) in [6, 6.07) is 7.21. The molecule has 10 nitrogen and oxygen atoms in total. The topological polar surface area (TPSA) is 95.0 Å². The van der Waals surface area contributed by atoms with Gasteiger partial charge in [0.2, 0.25) is 5.76 Å². The van der Waals surface area contributed by atoms with Gasteiger partial charge in [-0.3, -0.25) is 4.79 Å². The SMILES string of the molecule is CN1CCN(c2cc(N3CCN(C(=O)c4cc(-c5ccco5)on4)CC3)ncn2)CC1. The molecule has 162 valence electrons. The zero-order chi connectivity index (χ0) is 21.2. The fraction of sp³-hybridized carbons (Fsp3) is 0.429. The largest absolute Gasteiger partial charge is 0.461 e. The average molecular weight is 423 g/mol. The molecule has 31 heavy (non-hydrogen) atoms. The summed E-state index contributed by atoms with van der Waals surface area (Å²) in [7, 11) is 2.14. The number of hydrogen-bond acceptors (Lipinski definition) is 9. The van der Waals surface area contributed by atoms with Gasteiger partial charge in [0.15, 0.2) is 11.5 Å². The Kier molecular flexibility index (Phi) is 5.29. The van der Waals surface area contributed by atoms with E-state index in [9.17, 15) is 4.79 Å². The summed E-state index contributed by atoms with van der Waals surface area (Å²) in [4.78, 5) is 30.4. The van der Waals surface area contributed by atoms with E-state index in [1.54, 1.807) is 35.7 Å². The van der Waals surface area contributed by atoms with Gasteiger partial charge in [0.1, 0.15) is 18.0 Å². The van der Waals surface area contributed by atoms with Crippen LogP contribution in [-0.4, -0.2) is 90.2 Å². The van der Waals surface area contributed by atoms with Crippen molar-refractivity contribution < 1.29 is 13.7 Å². The standard InChI is InChI=1S/C21H25N7O3/c1-25-4-6-26(7-5-25)19-14-20(23-15-22-19)27-8-10-28(11-9-27)21(29)16-13-18(31-24-16)17-3-2-12-30-17/h2-3,12-15H,4-11H2,1H3. The molecule has 2 saturated heterocycles. The first kappa shape index (κ1) is 19.6. The maximum absolute atomic E-state index is 12.8. The van der Waals surface area contributed by atoms with Gasteiger partial charge >= 0.3 is 0 Å². The van der Waals surface area contributed by atoms with Gasteiger partial charge in [-0.1, -0.05) is 5.16 Å². The van der Waals surface area contributed by atoms with Gasteiger partial charge in [-0.05, 0) is 19.2 Å². The number of likely N-dealkylation sites (N-methyl/N-ethyl adjacent to an activating group) is 1. The number of nitrogens with zero attached hydrogens (tertiary/aromatic N) is 7. The number of furan rings is 1. The highest BCUT2D eigenvalue weighted by Crippen LogP contribution is 2.23. The van der Waals surface area contributed by atoms with E-state index in [0.29, 0.717) is 43.4 Å². The Balaban J connectivity index is 1.21. The van der Waals surface area contributed by atoms with Crippen LogP contribution >= 0.6 is 0 Å². The van der Waals surface area contributed by atoms with Crippen LogP contribution in [0.15, 0.2) is 45.8 Å². The molecule has 0 aromatic carbocycles. The van der Waals surface area contributed by atoms with E-state index < -0.39 is 0 Å². The molecule has 3 aromatic heterocycles. The number of rotatable bonds is 4. The smallest absolute Gasteiger partial charge is 0.276 e. The van der Waals surface area contributed by atoms with Crippen molar-refractivity contribution in [2.45, 2.75) is 0 Å². The van der Waals surface area contributed by atoms with Crippen LogP contribution in [-0.2, 0) is 0 Å². The number of piperazine rings is 2. The third-order valence-electron chi connectivity index (χ3n) is 5.85. The number of amides is 1. The Labute approximate surface area is 180 Å². The van der Waals surface area contributed by atoms with Crippen molar-refractivity contribution >= 4 is 17.5 Å². The second kappa shape index (κ2) is 8.38. The Morgan fingerprint density at radius 2 is 1.58 bits per heavy atom. The normalized spacial score (nSPS) is 17.9. The van der Waals surface area contributed by atoms with Crippen molar-refractivity contribution in [2.75, 3.05) is 69.2 Å². The summed E-state index contributed by atoms with van der Waals surface area (Å²) in [5, 5.41) is 3.92. The van der Waals surface area contributed by atoms with Crippen LogP contribution in [0.1, 0.15) is 10.5 Å². The molecule has 0 atom stereocenters. The lowest BCUT2D eigenvalue weighted by Crippen LogP contribution is -2.49. The van der Waals surface area contributed by atoms with Gasteiger partial charge in [0.25, 0.3) is 5.91 Å². The molecule has 0 N–H and O–H groups in total. The number of hydrogen-bond donors (Lipinski definition) is 0. The molecule has 3 aromatic rings. The van der Waals surface area contributed by atoms with E-state index in [1.807, 2.05) is 0 Å². The second-order valence-electron chi connectivity index (χ2n) is 7.86. The zero-order valence-corrected chi connectivity index (χ0v) is 17.5. The van der Waals surface area contributed by atoms with Crippen LogP contribution in [0.3, 0.4) is 0 Å². The summed E-state index contributed by atoms with van der Waals surface area (Å²) < 4.78 is 10.6. The monoisotopic (exact) mass is 423 g/mol. The molecule has 0 saturated carbocycles. The lowest BCUT2D eigenvalue weighted by molar-refractivity contribution is 0.0736. The molecular formula is C21H25N7O3. The summed E-state index contributed by atoms with van der Waals surface area (Å²) >= 11 is 0. The van der Waals surface area contributed by atoms with E-state index in [-0.39, 0.29) is 5.91 Å². The maximum atomic E-state index is 12.8. The fourth-order valence-corrected chi connectivity index (χ4v) is 3.93. The molecule has 0 aliphatic carbocycles. The van der Waals surface area contributed by atoms with Crippen LogP contribution in [0, 0.1) is 0 Å². The first-order chi connectivity index (χ1) is 15.2. The van der Waals surface area contributed by atoms with Crippen molar-refractivity contribution in [3.8, 4) is 11.5 Å². The van der Waals surface area contributed by atoms with E-state index in [0.717, 1.165) is 37.8 Å². The van der Waals surface area contributed by atoms with Crippen molar-refractivity contribution in [1.29, 1.82) is 0 Å². The highest BCUT2D eigenvalue weighted by molar-refractivity contribution is 5.93. The van der Waals surface area contributed by atoms with Crippen LogP contribution in [0.25, 0.3) is 11.5 Å². The minimum atomic E-state index is -0.137. The Morgan fingerprint density at radius 3 is 2.23 bits per heavy atom. The number of carbonyl (C=O) groups is 1. The molecule has 0 radical (unpaired) electrons. The molecule has 0 bridgehead atoms. The van der Waals surface area contributed by atoms with Crippen molar-refractivity contribution in [1.82, 2.24) is 24.9 Å². The predicted octanol–water partition coefficient (Wildman–Crippen LogP) is 1.44. The van der Waals surface area contributed by atoms with E-state index in [1.165, 1.54) is 0 Å². The van der Waals surface area contributed by atoms with E-state index in [2.05, 4.69) is 42.9 Å². The predicted molar refractivity (Wildman–Crippen MR) is 114 cm³/mol. The maximum Gasteiger partial charge on any atom is 0.276 e. The van der Waals surface area contributed by atoms with Gasteiger partial charge in [0, 0.05) is 64.5 Å². The zero-order valence-electron chi connectivity index (χ0n) is 17.5. The molecule has 0 spiro atoms. The number of aromatic nitrogens is 3. The summed E-state index contributed by atoms with van der Waals surface area (Å²) in [6.45, 7) is 6.58. The van der Waals surface area contributed by atoms with Crippen LogP contribution in [0.5, 0.6) is 0 Å². The first-order valence-corrected chi connectivity index (χ1v) is 10.5. The first-order valence-electron chi connectivity index (χ1n) is 10.5. The third kappa shape index (κ3) is 4.11. The van der Waals surface area contributed by atoms with E-state index in [4.69, 9.17) is 8.94 Å². The van der Waals surface area contributed by atoms with Gasteiger partial charge in [0.05, 0.1) is 6.26 Å². The fourth-order valence-electron chi connectivity index (χ4n) is 3.93. The molecule has 2 aliphatic rings. The Morgan fingerprint density at radius 1 is 0.903 bits per heavy atom. The van der Waals surface area contributed by atoms with E-state index >= 15 is 0 Å². The minimum absolute atomic E-state index is 0.137. The highest BCUT2D eigenvalue weighted by Gasteiger charge is 2.26. The van der Waals surface area contributed by atoms with Crippen LogP contribution in [0.4, 0.5) is 11.6 Å². The lowest BCUT2D eigenvalue weighted by atomic mass is 10.2. The van der Waals surface area contributed by atoms with Crippen molar-refractivity contribution in [2.24, 2.45) is 0 Å². The molecular weight excluding hydrogens is 398 g/mol. The quantitative estimate of drug-likeness (QED) is 0.618. The summed E-state index contributed by atoms with van der Waals surface area (Å²) in [5.74, 6) is 2.73. The average Bonchev–Trinajstić information content (AvgIpc) is 3.51. The molecule has 1 amide bonds. The van der Waals surface area contributed by atoms with Gasteiger partial charge in [-0.25, -0.2) is 9.97 Å². The lowest BCUT2D eigenvalue weighted by Gasteiger charge is -2.36. The second-order valence-corrected chi connectivity index (χ2v) is 7.86. The van der Waals surface area contributed by atoms with Crippen molar-refractivity contribution in [3.05, 3.63) is 42.5 Å². The molecule has 10 heteroatoms.